The molecule has 4 nitrogen and oxygen atoms in total. The normalized spacial score (nSPS) is 11.4. The zero-order valence-corrected chi connectivity index (χ0v) is 12.1. The van der Waals surface area contributed by atoms with Crippen molar-refractivity contribution >= 4 is 28.5 Å². The summed E-state index contributed by atoms with van der Waals surface area (Å²) in [6.07, 6.45) is 1.78. The van der Waals surface area contributed by atoms with E-state index in [0.29, 0.717) is 10.7 Å². The summed E-state index contributed by atoms with van der Waals surface area (Å²) in [7, 11) is 0. The molecule has 0 aliphatic rings. The third-order valence-electron chi connectivity index (χ3n) is 3.22. The van der Waals surface area contributed by atoms with E-state index in [9.17, 15) is 0 Å². The highest BCUT2D eigenvalue weighted by Gasteiger charge is 2.16. The van der Waals surface area contributed by atoms with Crippen LogP contribution in [0.4, 0.5) is 5.69 Å². The summed E-state index contributed by atoms with van der Waals surface area (Å²) in [5.74, 6) is 0.857. The van der Waals surface area contributed by atoms with Crippen LogP contribution < -0.4 is 5.73 Å². The van der Waals surface area contributed by atoms with Gasteiger partial charge in [0.15, 0.2) is 5.65 Å². The Hall–Kier alpha value is -2.07. The van der Waals surface area contributed by atoms with Gasteiger partial charge in [0.05, 0.1) is 10.7 Å². The van der Waals surface area contributed by atoms with Crippen LogP contribution in [0.3, 0.4) is 0 Å². The van der Waals surface area contributed by atoms with Crippen LogP contribution in [-0.2, 0) is 0 Å². The van der Waals surface area contributed by atoms with Crippen molar-refractivity contribution in [2.45, 2.75) is 19.9 Å². The van der Waals surface area contributed by atoms with Gasteiger partial charge in [0.25, 0.3) is 0 Å². The van der Waals surface area contributed by atoms with Crippen LogP contribution in [0, 0.1) is 0 Å². The molecule has 0 spiro atoms. The SMILES string of the molecule is CC(C)n1c(-c2ccc(N)c(Cl)c2)nc2cccnc21. The van der Waals surface area contributed by atoms with Crippen molar-refractivity contribution in [3.8, 4) is 11.4 Å². The Bertz CT molecular complexity index is 777. The lowest BCUT2D eigenvalue weighted by molar-refractivity contribution is 0.620. The van der Waals surface area contributed by atoms with Crippen molar-refractivity contribution in [1.29, 1.82) is 0 Å². The average molecular weight is 287 g/mol. The number of nitrogens with zero attached hydrogens (tertiary/aromatic N) is 3. The molecule has 0 bridgehead atoms. The Balaban J connectivity index is 2.29. The number of fused-ring (bicyclic) bond motifs is 1. The summed E-state index contributed by atoms with van der Waals surface area (Å²) in [6.45, 7) is 4.22. The smallest absolute Gasteiger partial charge is 0.160 e. The highest BCUT2D eigenvalue weighted by atomic mass is 35.5. The zero-order valence-electron chi connectivity index (χ0n) is 11.3. The first kappa shape index (κ1) is 12.9. The molecule has 0 saturated heterocycles. The van der Waals surface area contributed by atoms with Crippen LogP contribution in [0.25, 0.3) is 22.6 Å². The number of aromatic nitrogens is 3. The first-order valence-corrected chi connectivity index (χ1v) is 6.84. The maximum Gasteiger partial charge on any atom is 0.160 e. The molecule has 2 aromatic heterocycles. The Labute approximate surface area is 122 Å². The second-order valence-corrected chi connectivity index (χ2v) is 5.39. The predicted octanol–water partition coefficient (Wildman–Crippen LogP) is 3.91. The van der Waals surface area contributed by atoms with E-state index < -0.39 is 0 Å². The fourth-order valence-corrected chi connectivity index (χ4v) is 2.47. The van der Waals surface area contributed by atoms with Gasteiger partial charge in [-0.25, -0.2) is 9.97 Å². The van der Waals surface area contributed by atoms with Crippen molar-refractivity contribution < 1.29 is 0 Å². The molecule has 0 aliphatic heterocycles. The molecule has 2 N–H and O–H groups in total. The molecule has 0 aliphatic carbocycles. The van der Waals surface area contributed by atoms with E-state index in [4.69, 9.17) is 17.3 Å². The minimum absolute atomic E-state index is 0.251. The second kappa shape index (κ2) is 4.80. The lowest BCUT2D eigenvalue weighted by atomic mass is 10.2. The number of benzene rings is 1. The largest absolute Gasteiger partial charge is 0.398 e. The highest BCUT2D eigenvalue weighted by molar-refractivity contribution is 6.33. The summed E-state index contributed by atoms with van der Waals surface area (Å²) in [4.78, 5) is 9.11. The molecule has 1 aromatic carbocycles. The Kier molecular flexibility index (Phi) is 3.10. The molecule has 0 amide bonds. The minimum atomic E-state index is 0.251. The van der Waals surface area contributed by atoms with E-state index in [1.165, 1.54) is 0 Å². The predicted molar refractivity (Wildman–Crippen MR) is 82.8 cm³/mol. The lowest BCUT2D eigenvalue weighted by Crippen LogP contribution is -2.04. The van der Waals surface area contributed by atoms with Gasteiger partial charge in [0.1, 0.15) is 11.3 Å². The number of pyridine rings is 1. The third-order valence-corrected chi connectivity index (χ3v) is 3.55. The number of anilines is 1. The molecule has 0 atom stereocenters. The first-order chi connectivity index (χ1) is 9.58. The van der Waals surface area contributed by atoms with E-state index in [0.717, 1.165) is 22.6 Å². The van der Waals surface area contributed by atoms with Crippen molar-refractivity contribution in [3.05, 3.63) is 41.6 Å². The summed E-state index contributed by atoms with van der Waals surface area (Å²) >= 11 is 6.12. The lowest BCUT2D eigenvalue weighted by Gasteiger charge is -2.12. The van der Waals surface area contributed by atoms with Gasteiger partial charge in [-0.1, -0.05) is 11.6 Å². The monoisotopic (exact) mass is 286 g/mol. The van der Waals surface area contributed by atoms with Crippen molar-refractivity contribution in [2.75, 3.05) is 5.73 Å². The molecule has 0 saturated carbocycles. The number of imidazole rings is 1. The van der Waals surface area contributed by atoms with Crippen LogP contribution in [0.1, 0.15) is 19.9 Å². The van der Waals surface area contributed by atoms with Crippen molar-refractivity contribution in [3.63, 3.8) is 0 Å². The van der Waals surface area contributed by atoms with Crippen LogP contribution in [0.5, 0.6) is 0 Å². The topological polar surface area (TPSA) is 56.7 Å². The van der Waals surface area contributed by atoms with Crippen molar-refractivity contribution in [1.82, 2.24) is 14.5 Å². The molecule has 0 unspecified atom stereocenters. The number of halogens is 1. The van der Waals surface area contributed by atoms with Gasteiger partial charge < -0.3 is 10.3 Å². The van der Waals surface area contributed by atoms with E-state index in [1.54, 1.807) is 12.3 Å². The van der Waals surface area contributed by atoms with E-state index in [1.807, 2.05) is 24.3 Å². The Morgan fingerprint density at radius 2 is 2.05 bits per heavy atom. The van der Waals surface area contributed by atoms with Crippen LogP contribution in [-0.4, -0.2) is 14.5 Å². The van der Waals surface area contributed by atoms with Gasteiger partial charge in [-0.05, 0) is 44.2 Å². The summed E-state index contributed by atoms with van der Waals surface area (Å²) in [5.41, 5.74) is 9.04. The van der Waals surface area contributed by atoms with E-state index in [2.05, 4.69) is 28.4 Å². The standard InChI is InChI=1S/C15H15ClN4/c1-9(2)20-14(10-5-6-12(17)11(16)8-10)19-13-4-3-7-18-15(13)20/h3-9H,17H2,1-2H3. The summed E-state index contributed by atoms with van der Waals surface area (Å²) in [6, 6.07) is 9.68. The van der Waals surface area contributed by atoms with Crippen LogP contribution >= 0.6 is 11.6 Å². The Morgan fingerprint density at radius 3 is 2.75 bits per heavy atom. The maximum atomic E-state index is 6.12. The number of rotatable bonds is 2. The van der Waals surface area contributed by atoms with E-state index >= 15 is 0 Å². The molecule has 0 radical (unpaired) electrons. The Morgan fingerprint density at radius 1 is 1.25 bits per heavy atom. The number of nitrogen functional groups attached to an aromatic ring is 1. The summed E-state index contributed by atoms with van der Waals surface area (Å²) < 4.78 is 2.11. The highest BCUT2D eigenvalue weighted by Crippen LogP contribution is 2.30. The van der Waals surface area contributed by atoms with Gasteiger partial charge >= 0.3 is 0 Å². The molecule has 3 rings (SSSR count). The van der Waals surface area contributed by atoms with E-state index in [-0.39, 0.29) is 6.04 Å². The average Bonchev–Trinajstić information content (AvgIpc) is 2.81. The molecule has 102 valence electrons. The van der Waals surface area contributed by atoms with Crippen molar-refractivity contribution in [2.24, 2.45) is 0 Å². The van der Waals surface area contributed by atoms with Crippen LogP contribution in [0.2, 0.25) is 5.02 Å². The molecule has 20 heavy (non-hydrogen) atoms. The van der Waals surface area contributed by atoms with Crippen LogP contribution in [0.15, 0.2) is 36.5 Å². The number of nitrogens with two attached hydrogens (primary N) is 1. The number of hydrogen-bond acceptors (Lipinski definition) is 3. The first-order valence-electron chi connectivity index (χ1n) is 6.46. The molecular weight excluding hydrogens is 272 g/mol. The minimum Gasteiger partial charge on any atom is -0.398 e. The molecule has 2 heterocycles. The number of hydrogen-bond donors (Lipinski definition) is 1. The maximum absolute atomic E-state index is 6.12. The molecule has 3 aromatic rings. The van der Waals surface area contributed by atoms with Gasteiger partial charge in [-0.15, -0.1) is 0 Å². The van der Waals surface area contributed by atoms with Gasteiger partial charge in [0, 0.05) is 17.8 Å². The molecule has 0 fully saturated rings. The third kappa shape index (κ3) is 2.02. The molecule has 5 heteroatoms. The second-order valence-electron chi connectivity index (χ2n) is 4.98. The summed E-state index contributed by atoms with van der Waals surface area (Å²) in [5, 5.41) is 0.540. The van der Waals surface area contributed by atoms with Gasteiger partial charge in [-0.2, -0.15) is 0 Å². The molecular formula is C15H15ClN4. The van der Waals surface area contributed by atoms with Gasteiger partial charge in [-0.3, -0.25) is 0 Å². The fraction of sp³-hybridized carbons (Fsp3) is 0.200. The zero-order chi connectivity index (χ0) is 14.3. The van der Waals surface area contributed by atoms with Gasteiger partial charge in [0.2, 0.25) is 0 Å². The fourth-order valence-electron chi connectivity index (χ4n) is 2.29. The quantitative estimate of drug-likeness (QED) is 0.727.